The van der Waals surface area contributed by atoms with Gasteiger partial charge in [-0.3, -0.25) is 9.78 Å². The Bertz CT molecular complexity index is 623. The van der Waals surface area contributed by atoms with Crippen molar-refractivity contribution < 1.29 is 20.4 Å². The third-order valence-corrected chi connectivity index (χ3v) is 3.42. The Balaban J connectivity index is 0.000000593. The highest BCUT2D eigenvalue weighted by Crippen LogP contribution is 2.27. The number of carbonyl (C=O) groups excluding carboxylic acids is 1. The first-order valence-electron chi connectivity index (χ1n) is 7.52. The van der Waals surface area contributed by atoms with Gasteiger partial charge in [0.05, 0.1) is 11.6 Å². The van der Waals surface area contributed by atoms with E-state index in [0.717, 1.165) is 0 Å². The maximum atomic E-state index is 12.0. The van der Waals surface area contributed by atoms with Gasteiger partial charge < -0.3 is 16.2 Å². The van der Waals surface area contributed by atoms with Crippen LogP contribution in [0.2, 0.25) is 0 Å². The molecule has 0 saturated carbocycles. The lowest BCUT2D eigenvalue weighted by Gasteiger charge is -2.21. The van der Waals surface area contributed by atoms with Crippen LogP contribution in [-0.4, -0.2) is 39.4 Å². The number of rotatable bonds is 3. The summed E-state index contributed by atoms with van der Waals surface area (Å²) in [5.74, 6) is -1.11. The van der Waals surface area contributed by atoms with E-state index in [2.05, 4.69) is 34.9 Å². The average molecular weight is 321 g/mol. The minimum atomic E-state index is -1.10. The molecule has 0 fully saturated rings. The normalized spacial score (nSPS) is 20.0. The van der Waals surface area contributed by atoms with E-state index in [-0.39, 0.29) is 28.9 Å². The number of aromatic nitrogens is 1. The molecule has 2 rings (SSSR count). The molecule has 1 aromatic rings. The number of carbonyl (C=O) groups is 2. The number of hydrogen-bond acceptors (Lipinski definition) is 4. The number of nitrogens with one attached hydrogen (secondary N) is 1. The zero-order chi connectivity index (χ0) is 17.8. The van der Waals surface area contributed by atoms with Gasteiger partial charge in [-0.1, -0.05) is 13.8 Å². The third kappa shape index (κ3) is 4.35. The number of carboxylic acids is 1. The molecule has 0 radical (unpaired) electrons. The fraction of sp³-hybridized carbons (Fsp3) is 0.500. The van der Waals surface area contributed by atoms with Crippen molar-refractivity contribution in [3.05, 3.63) is 29.6 Å². The molecule has 23 heavy (non-hydrogen) atoms. The summed E-state index contributed by atoms with van der Waals surface area (Å²) in [5, 5.41) is 11.7. The molecule has 1 aromatic heterocycles. The highest BCUT2D eigenvalue weighted by Gasteiger charge is 2.42. The van der Waals surface area contributed by atoms with Gasteiger partial charge in [0, 0.05) is 6.20 Å². The van der Waals surface area contributed by atoms with Gasteiger partial charge >= 0.3 is 5.97 Å². The Labute approximate surface area is 136 Å². The smallest absolute Gasteiger partial charge is 0.338 e. The molecule has 0 aromatic carbocycles. The van der Waals surface area contributed by atoms with Crippen molar-refractivity contribution >= 4 is 17.7 Å². The predicted molar refractivity (Wildman–Crippen MR) is 87.1 cm³/mol. The highest BCUT2D eigenvalue weighted by molar-refractivity contribution is 6.17. The second-order valence-corrected chi connectivity index (χ2v) is 6.32. The number of amidine groups is 1. The zero-order valence-electron chi connectivity index (χ0n) is 14.3. The molecule has 7 heteroatoms. The molecular formula is C16H25N4O3+. The van der Waals surface area contributed by atoms with Crippen LogP contribution in [0.4, 0.5) is 0 Å². The number of pyridine rings is 1. The van der Waals surface area contributed by atoms with Crippen LogP contribution in [0.1, 0.15) is 50.7 Å². The molecule has 1 aliphatic heterocycles. The molecule has 1 unspecified atom stereocenters. The van der Waals surface area contributed by atoms with Gasteiger partial charge in [0.15, 0.2) is 5.84 Å². The number of aliphatic imine (C=N–C) groups is 1. The van der Waals surface area contributed by atoms with Crippen molar-refractivity contribution in [1.82, 2.24) is 10.3 Å². The Morgan fingerprint density at radius 1 is 1.35 bits per heavy atom. The van der Waals surface area contributed by atoms with Crippen molar-refractivity contribution in [3.63, 3.8) is 0 Å². The van der Waals surface area contributed by atoms with Crippen LogP contribution in [-0.2, 0) is 4.79 Å². The van der Waals surface area contributed by atoms with Crippen LogP contribution < -0.4 is 11.1 Å². The number of nitrogens with zero attached hydrogens (tertiary/aromatic N) is 2. The van der Waals surface area contributed by atoms with Crippen molar-refractivity contribution in [2.75, 3.05) is 0 Å². The quantitative estimate of drug-likeness (QED) is 0.759. The maximum absolute atomic E-state index is 12.0. The van der Waals surface area contributed by atoms with Gasteiger partial charge in [0.25, 0.3) is 5.91 Å². The van der Waals surface area contributed by atoms with Crippen molar-refractivity contribution in [2.45, 2.75) is 46.2 Å². The second kappa shape index (κ2) is 7.32. The molecule has 2 heterocycles. The number of quaternary nitrogens is 1. The van der Waals surface area contributed by atoms with Crippen LogP contribution in [0, 0.1) is 5.92 Å². The second-order valence-electron chi connectivity index (χ2n) is 6.32. The lowest BCUT2D eigenvalue weighted by atomic mass is 9.89. The Morgan fingerprint density at radius 2 is 1.91 bits per heavy atom. The molecule has 1 amide bonds. The highest BCUT2D eigenvalue weighted by atomic mass is 16.4. The molecule has 0 saturated heterocycles. The zero-order valence-corrected chi connectivity index (χ0v) is 14.3. The minimum Gasteiger partial charge on any atom is -0.478 e. The van der Waals surface area contributed by atoms with Gasteiger partial charge in [-0.05, 0) is 38.8 Å². The van der Waals surface area contributed by atoms with E-state index in [4.69, 9.17) is 5.11 Å². The molecular weight excluding hydrogens is 296 g/mol. The average Bonchev–Trinajstić information content (AvgIpc) is 2.75. The van der Waals surface area contributed by atoms with Gasteiger partial charge in [-0.25, -0.2) is 9.79 Å². The van der Waals surface area contributed by atoms with Gasteiger partial charge in [-0.2, -0.15) is 0 Å². The molecule has 0 bridgehead atoms. The van der Waals surface area contributed by atoms with E-state index < -0.39 is 11.5 Å². The number of hydrogen-bond donors (Lipinski definition) is 3. The first-order valence-corrected chi connectivity index (χ1v) is 7.52. The monoisotopic (exact) mass is 321 g/mol. The van der Waals surface area contributed by atoms with Crippen LogP contribution in [0.3, 0.4) is 0 Å². The third-order valence-electron chi connectivity index (χ3n) is 3.42. The first kappa shape index (κ1) is 18.8. The molecule has 1 aliphatic rings. The Morgan fingerprint density at radius 3 is 2.35 bits per heavy atom. The summed E-state index contributed by atoms with van der Waals surface area (Å²) in [6, 6.07) is 3.55. The standard InChI is InChI=1S/C13H15N3O3.C3H9N/c1-7(2)13(3)12(19)15-10(16-13)9-8(11(17)18)5-4-6-14-9;1-3(2)4/h4-7H,1-3H3,(H,17,18)(H,15,16,19);3H,4H2,1-2H3/p+1. The van der Waals surface area contributed by atoms with Crippen LogP contribution in [0.5, 0.6) is 0 Å². The van der Waals surface area contributed by atoms with E-state index in [0.29, 0.717) is 6.04 Å². The fourth-order valence-electron chi connectivity index (χ4n) is 1.82. The number of amides is 1. The van der Waals surface area contributed by atoms with E-state index in [1.807, 2.05) is 13.8 Å². The largest absolute Gasteiger partial charge is 0.478 e. The topological polar surface area (TPSA) is 119 Å². The van der Waals surface area contributed by atoms with Crippen LogP contribution in [0.25, 0.3) is 0 Å². The predicted octanol–water partition coefficient (Wildman–Crippen LogP) is 0.708. The van der Waals surface area contributed by atoms with E-state index in [1.165, 1.54) is 18.3 Å². The van der Waals surface area contributed by atoms with Crippen molar-refractivity contribution in [2.24, 2.45) is 10.9 Å². The maximum Gasteiger partial charge on any atom is 0.338 e. The first-order chi connectivity index (χ1) is 10.6. The Hall–Kier alpha value is -2.28. The van der Waals surface area contributed by atoms with E-state index in [9.17, 15) is 9.59 Å². The summed E-state index contributed by atoms with van der Waals surface area (Å²) in [4.78, 5) is 31.5. The fourth-order valence-corrected chi connectivity index (χ4v) is 1.82. The SMILES string of the molecule is CC(C)C1(C)N=C(c2ncccc2C(=O)O)NC1=O.CC(C)[NH3+]. The molecule has 126 valence electrons. The van der Waals surface area contributed by atoms with Crippen molar-refractivity contribution in [1.29, 1.82) is 0 Å². The Kier molecular flexibility index (Phi) is 5.98. The lowest BCUT2D eigenvalue weighted by molar-refractivity contribution is -0.407. The molecule has 1 atom stereocenters. The summed E-state index contributed by atoms with van der Waals surface area (Å²) < 4.78 is 0. The van der Waals surface area contributed by atoms with Crippen molar-refractivity contribution in [3.8, 4) is 0 Å². The van der Waals surface area contributed by atoms with Gasteiger partial charge in [0.2, 0.25) is 0 Å². The van der Waals surface area contributed by atoms with E-state index in [1.54, 1.807) is 6.92 Å². The number of aromatic carboxylic acids is 1. The lowest BCUT2D eigenvalue weighted by Crippen LogP contribution is -2.57. The molecule has 0 aliphatic carbocycles. The van der Waals surface area contributed by atoms with E-state index >= 15 is 0 Å². The number of carboxylic acid groups (broad SMARTS) is 1. The van der Waals surface area contributed by atoms with Crippen LogP contribution in [0.15, 0.2) is 23.3 Å². The summed E-state index contributed by atoms with van der Waals surface area (Å²) >= 11 is 0. The minimum absolute atomic E-state index is 0.00184. The molecule has 0 spiro atoms. The molecule has 7 nitrogen and oxygen atoms in total. The van der Waals surface area contributed by atoms with Gasteiger partial charge in [0.1, 0.15) is 11.2 Å². The summed E-state index contributed by atoms with van der Waals surface area (Å²) in [7, 11) is 0. The summed E-state index contributed by atoms with van der Waals surface area (Å²) in [6.07, 6.45) is 1.47. The summed E-state index contributed by atoms with van der Waals surface area (Å²) in [5.41, 5.74) is 2.96. The van der Waals surface area contributed by atoms with Gasteiger partial charge in [-0.15, -0.1) is 0 Å². The van der Waals surface area contributed by atoms with Crippen LogP contribution >= 0.6 is 0 Å². The summed E-state index contributed by atoms with van der Waals surface area (Å²) in [6.45, 7) is 9.62. The molecule has 5 N–H and O–H groups in total.